The molecule has 128 valence electrons. The average molecular weight is 337 g/mol. The largest absolute Gasteiger partial charge is 0.497 e. The molecule has 2 atom stereocenters. The molecule has 0 fully saturated rings. The Kier molecular flexibility index (Phi) is 3.44. The maximum atomic E-state index is 13.2. The van der Waals surface area contributed by atoms with Gasteiger partial charge in [0.15, 0.2) is 11.4 Å². The molecule has 0 saturated heterocycles. The van der Waals surface area contributed by atoms with Crippen molar-refractivity contribution in [2.75, 3.05) is 19.1 Å². The molecule has 2 aliphatic rings. The monoisotopic (exact) mass is 337 g/mol. The summed E-state index contributed by atoms with van der Waals surface area (Å²) in [4.78, 5) is 27.5. The number of likely N-dealkylation sites (N-methyl/N-ethyl adjacent to an activating group) is 1. The van der Waals surface area contributed by atoms with Crippen LogP contribution in [0.2, 0.25) is 0 Å². The van der Waals surface area contributed by atoms with Gasteiger partial charge in [0, 0.05) is 18.2 Å². The second-order valence-electron chi connectivity index (χ2n) is 6.63. The molecule has 2 aromatic carbocycles. The zero-order chi connectivity index (χ0) is 17.8. The Morgan fingerprint density at radius 2 is 1.96 bits per heavy atom. The van der Waals surface area contributed by atoms with Crippen molar-refractivity contribution < 1.29 is 19.4 Å². The molecule has 1 heterocycles. The number of rotatable bonds is 2. The molecule has 4 rings (SSSR count). The summed E-state index contributed by atoms with van der Waals surface area (Å²) in [5.41, 5.74) is 0.802. The fraction of sp³-hybridized carbons (Fsp3) is 0.300. The van der Waals surface area contributed by atoms with E-state index in [-0.39, 0.29) is 5.78 Å². The van der Waals surface area contributed by atoms with Crippen molar-refractivity contribution in [3.05, 3.63) is 59.2 Å². The first-order valence-electron chi connectivity index (χ1n) is 8.29. The number of fused-ring (bicyclic) bond motifs is 2. The number of carbonyl (C=O) groups is 2. The molecule has 1 N–H and O–H groups in total. The predicted molar refractivity (Wildman–Crippen MR) is 92.9 cm³/mol. The third-order valence-corrected chi connectivity index (χ3v) is 5.41. The van der Waals surface area contributed by atoms with Crippen molar-refractivity contribution in [3.8, 4) is 5.75 Å². The minimum Gasteiger partial charge on any atom is -0.497 e. The predicted octanol–water partition coefficient (Wildman–Crippen LogP) is 2.30. The lowest BCUT2D eigenvalue weighted by molar-refractivity contribution is -0.140. The van der Waals surface area contributed by atoms with Crippen LogP contribution in [0.25, 0.3) is 0 Å². The summed E-state index contributed by atoms with van der Waals surface area (Å²) in [6.45, 7) is 0. The van der Waals surface area contributed by atoms with Gasteiger partial charge in [-0.2, -0.15) is 0 Å². The zero-order valence-corrected chi connectivity index (χ0v) is 14.2. The molecule has 5 nitrogen and oxygen atoms in total. The van der Waals surface area contributed by atoms with Gasteiger partial charge in [-0.15, -0.1) is 0 Å². The van der Waals surface area contributed by atoms with Gasteiger partial charge in [0.2, 0.25) is 0 Å². The number of para-hydroxylation sites is 1. The third-order valence-electron chi connectivity index (χ3n) is 5.41. The number of ether oxygens (including phenoxy) is 1. The molecule has 0 aromatic heterocycles. The first-order valence-corrected chi connectivity index (χ1v) is 8.29. The van der Waals surface area contributed by atoms with E-state index in [9.17, 15) is 14.7 Å². The van der Waals surface area contributed by atoms with E-state index in [4.69, 9.17) is 4.74 Å². The van der Waals surface area contributed by atoms with Crippen LogP contribution in [-0.4, -0.2) is 31.0 Å². The summed E-state index contributed by atoms with van der Waals surface area (Å²) in [5.74, 6) is -0.861. The van der Waals surface area contributed by atoms with E-state index in [0.29, 0.717) is 35.4 Å². The first-order chi connectivity index (χ1) is 12.0. The van der Waals surface area contributed by atoms with E-state index in [0.717, 1.165) is 5.56 Å². The number of ketones is 1. The Balaban J connectivity index is 1.82. The van der Waals surface area contributed by atoms with Gasteiger partial charge >= 0.3 is 0 Å². The molecule has 5 heteroatoms. The number of nitrogens with zero attached hydrogens (tertiary/aromatic N) is 1. The van der Waals surface area contributed by atoms with Gasteiger partial charge < -0.3 is 14.7 Å². The highest BCUT2D eigenvalue weighted by Gasteiger charge is 2.56. The molecule has 0 radical (unpaired) electrons. The number of hydrogen-bond acceptors (Lipinski definition) is 4. The number of aliphatic hydroxyl groups is 1. The van der Waals surface area contributed by atoms with E-state index >= 15 is 0 Å². The minimum atomic E-state index is -1.82. The summed E-state index contributed by atoms with van der Waals surface area (Å²) in [6, 6.07) is 12.5. The molecule has 2 aromatic rings. The van der Waals surface area contributed by atoms with Crippen molar-refractivity contribution >= 4 is 17.4 Å². The number of benzene rings is 2. The molecular formula is C20H19NO4. The molecule has 0 spiro atoms. The van der Waals surface area contributed by atoms with Gasteiger partial charge in [-0.1, -0.05) is 24.3 Å². The maximum Gasteiger partial charge on any atom is 0.264 e. The van der Waals surface area contributed by atoms with Crippen LogP contribution in [0.15, 0.2) is 42.5 Å². The highest BCUT2D eigenvalue weighted by Crippen LogP contribution is 2.47. The van der Waals surface area contributed by atoms with Crippen LogP contribution in [0, 0.1) is 5.92 Å². The fourth-order valence-corrected chi connectivity index (χ4v) is 4.05. The third kappa shape index (κ3) is 2.05. The molecule has 1 amide bonds. The molecule has 25 heavy (non-hydrogen) atoms. The van der Waals surface area contributed by atoms with Crippen molar-refractivity contribution in [1.82, 2.24) is 0 Å². The van der Waals surface area contributed by atoms with Gasteiger partial charge in [0.1, 0.15) is 5.75 Å². The fourth-order valence-electron chi connectivity index (χ4n) is 4.05. The number of Topliss-reactive ketones (excluding diaryl/α,β-unsaturated/α-hetero) is 1. The second kappa shape index (κ2) is 5.43. The van der Waals surface area contributed by atoms with Gasteiger partial charge in [0.25, 0.3) is 5.91 Å². The molecule has 1 aliphatic carbocycles. The van der Waals surface area contributed by atoms with Crippen LogP contribution in [0.4, 0.5) is 5.69 Å². The Bertz CT molecular complexity index is 891. The van der Waals surface area contributed by atoms with Crippen LogP contribution < -0.4 is 9.64 Å². The lowest BCUT2D eigenvalue weighted by Gasteiger charge is -2.34. The molecular weight excluding hydrogens is 318 g/mol. The average Bonchev–Trinajstić information content (AvgIpc) is 2.84. The Hall–Kier alpha value is -2.66. The van der Waals surface area contributed by atoms with E-state index in [1.807, 2.05) is 18.2 Å². The van der Waals surface area contributed by atoms with Crippen LogP contribution in [0.5, 0.6) is 5.75 Å². The van der Waals surface area contributed by atoms with Crippen molar-refractivity contribution in [3.63, 3.8) is 0 Å². The second-order valence-corrected chi connectivity index (χ2v) is 6.63. The van der Waals surface area contributed by atoms with Crippen LogP contribution >= 0.6 is 0 Å². The number of methoxy groups -OCH3 is 1. The lowest BCUT2D eigenvalue weighted by Crippen LogP contribution is -2.49. The molecule has 0 unspecified atom stereocenters. The van der Waals surface area contributed by atoms with E-state index < -0.39 is 17.4 Å². The van der Waals surface area contributed by atoms with Crippen molar-refractivity contribution in [1.29, 1.82) is 0 Å². The number of aryl methyl sites for hydroxylation is 1. The number of carbonyl (C=O) groups excluding carboxylic acids is 2. The Morgan fingerprint density at radius 1 is 1.20 bits per heavy atom. The van der Waals surface area contributed by atoms with Gasteiger partial charge in [0.05, 0.1) is 18.7 Å². The first kappa shape index (κ1) is 15.8. The lowest BCUT2D eigenvalue weighted by atomic mass is 9.71. The Labute approximate surface area is 145 Å². The van der Waals surface area contributed by atoms with Crippen molar-refractivity contribution in [2.45, 2.75) is 18.4 Å². The van der Waals surface area contributed by atoms with Gasteiger partial charge in [-0.3, -0.25) is 9.59 Å². The number of amides is 1. The summed E-state index contributed by atoms with van der Waals surface area (Å²) in [6.07, 6.45) is 1.07. The highest BCUT2D eigenvalue weighted by molar-refractivity contribution is 6.12. The number of hydrogen-bond donors (Lipinski definition) is 1. The summed E-state index contributed by atoms with van der Waals surface area (Å²) in [5, 5.41) is 11.4. The van der Waals surface area contributed by atoms with Crippen LogP contribution in [0.3, 0.4) is 0 Å². The maximum absolute atomic E-state index is 13.2. The number of anilines is 1. The molecule has 0 bridgehead atoms. The standard InChI is InChI=1S/C20H19NO4/c1-21-17-6-4-3-5-15(17)20(24,19(21)23)16-10-8-12-7-9-13(25-2)11-14(12)18(16)22/h3-7,9,11,16,24H,8,10H2,1-2H3/t16-,20+/m0/s1. The van der Waals surface area contributed by atoms with Crippen LogP contribution in [-0.2, 0) is 16.8 Å². The Morgan fingerprint density at radius 3 is 2.72 bits per heavy atom. The summed E-state index contributed by atoms with van der Waals surface area (Å²) >= 11 is 0. The summed E-state index contributed by atoms with van der Waals surface area (Å²) < 4.78 is 5.22. The normalized spacial score (nSPS) is 24.9. The quantitative estimate of drug-likeness (QED) is 0.913. The van der Waals surface area contributed by atoms with E-state index in [2.05, 4.69) is 0 Å². The topological polar surface area (TPSA) is 66.8 Å². The zero-order valence-electron chi connectivity index (χ0n) is 14.2. The summed E-state index contributed by atoms with van der Waals surface area (Å²) in [7, 11) is 3.18. The highest BCUT2D eigenvalue weighted by atomic mass is 16.5. The molecule has 0 saturated carbocycles. The smallest absolute Gasteiger partial charge is 0.264 e. The van der Waals surface area contributed by atoms with E-state index in [1.165, 1.54) is 4.90 Å². The van der Waals surface area contributed by atoms with Gasteiger partial charge in [-0.25, -0.2) is 0 Å². The minimum absolute atomic E-state index is 0.207. The van der Waals surface area contributed by atoms with Crippen molar-refractivity contribution in [2.24, 2.45) is 5.92 Å². The molecule has 1 aliphatic heterocycles. The van der Waals surface area contributed by atoms with Gasteiger partial charge in [-0.05, 0) is 36.6 Å². The van der Waals surface area contributed by atoms with Crippen LogP contribution in [0.1, 0.15) is 27.9 Å². The SMILES string of the molecule is COc1ccc2c(c1)C(=O)[C@@H]([C@@]1(O)C(=O)N(C)c3ccccc31)CC2. The van der Waals surface area contributed by atoms with E-state index in [1.54, 1.807) is 38.4 Å².